The van der Waals surface area contributed by atoms with Crippen LogP contribution in [0.5, 0.6) is 0 Å². The molecule has 0 bridgehead atoms. The fourth-order valence-electron chi connectivity index (χ4n) is 1.10. The Morgan fingerprint density at radius 1 is 1.40 bits per heavy atom. The normalized spacial score (nSPS) is 13.9. The summed E-state index contributed by atoms with van der Waals surface area (Å²) in [4.78, 5) is 0. The lowest BCUT2D eigenvalue weighted by atomic mass is 10.0. The lowest BCUT2D eigenvalue weighted by Crippen LogP contribution is -2.19. The molecule has 0 heterocycles. The number of hydrogen-bond donors (Lipinski definition) is 1. The summed E-state index contributed by atoms with van der Waals surface area (Å²) >= 11 is 0. The molecule has 1 aromatic rings. The minimum Gasteiger partial charge on any atom is -0.378 e. The first-order valence-electron chi connectivity index (χ1n) is 4.96. The molecule has 1 unspecified atom stereocenters. The van der Waals surface area contributed by atoms with E-state index in [1.165, 1.54) is 12.1 Å². The first-order valence-corrected chi connectivity index (χ1v) is 4.96. The van der Waals surface area contributed by atoms with E-state index in [1.807, 2.05) is 13.8 Å². The molecule has 0 aliphatic rings. The summed E-state index contributed by atoms with van der Waals surface area (Å²) in [5, 5.41) is 9.66. The van der Waals surface area contributed by atoms with Crippen molar-refractivity contribution in [3.05, 3.63) is 35.1 Å². The van der Waals surface area contributed by atoms with Gasteiger partial charge in [-0.15, -0.1) is 0 Å². The Morgan fingerprint density at radius 2 is 2.07 bits per heavy atom. The molecular formula is C13H15FO. The Kier molecular flexibility index (Phi) is 3.49. The maximum Gasteiger partial charge on any atom is 0.124 e. The Bertz CT molecular complexity index is 390. The van der Waals surface area contributed by atoms with Crippen LogP contribution in [-0.4, -0.2) is 10.7 Å². The molecule has 15 heavy (non-hydrogen) atoms. The highest BCUT2D eigenvalue weighted by atomic mass is 19.1. The highest BCUT2D eigenvalue weighted by Crippen LogP contribution is 2.09. The number of aliphatic hydroxyl groups is 1. The van der Waals surface area contributed by atoms with Gasteiger partial charge in [-0.25, -0.2) is 4.39 Å². The molecule has 0 saturated heterocycles. The van der Waals surface area contributed by atoms with Gasteiger partial charge >= 0.3 is 0 Å². The summed E-state index contributed by atoms with van der Waals surface area (Å²) < 4.78 is 13.0. The molecule has 0 saturated carbocycles. The minimum atomic E-state index is -1.000. The van der Waals surface area contributed by atoms with Crippen LogP contribution in [-0.2, 0) is 0 Å². The zero-order valence-corrected chi connectivity index (χ0v) is 9.26. The van der Waals surface area contributed by atoms with Crippen LogP contribution < -0.4 is 0 Å². The maximum atomic E-state index is 13.0. The SMILES string of the molecule is CCC(C)(O)C#Cc1cc(C)cc(F)c1. The third kappa shape index (κ3) is 3.73. The molecule has 1 N–H and O–H groups in total. The van der Waals surface area contributed by atoms with Gasteiger partial charge in [0.15, 0.2) is 0 Å². The second-order valence-electron chi connectivity index (χ2n) is 3.89. The van der Waals surface area contributed by atoms with Gasteiger partial charge in [0.25, 0.3) is 0 Å². The van der Waals surface area contributed by atoms with Crippen LogP contribution in [0.4, 0.5) is 4.39 Å². The van der Waals surface area contributed by atoms with Crippen LogP contribution >= 0.6 is 0 Å². The average Bonchev–Trinajstić information content (AvgIpc) is 2.14. The van der Waals surface area contributed by atoms with E-state index in [4.69, 9.17) is 0 Å². The van der Waals surface area contributed by atoms with Gasteiger partial charge in [-0.05, 0) is 44.0 Å². The van der Waals surface area contributed by atoms with E-state index in [1.54, 1.807) is 13.0 Å². The van der Waals surface area contributed by atoms with Crippen LogP contribution in [0, 0.1) is 24.6 Å². The zero-order valence-electron chi connectivity index (χ0n) is 9.26. The van der Waals surface area contributed by atoms with E-state index in [9.17, 15) is 9.50 Å². The first kappa shape index (κ1) is 11.7. The number of hydrogen-bond acceptors (Lipinski definition) is 1. The van der Waals surface area contributed by atoms with Crippen molar-refractivity contribution in [2.24, 2.45) is 0 Å². The van der Waals surface area contributed by atoms with Gasteiger partial charge < -0.3 is 5.11 Å². The van der Waals surface area contributed by atoms with E-state index in [0.717, 1.165) is 5.56 Å². The molecule has 1 nitrogen and oxygen atoms in total. The van der Waals surface area contributed by atoms with Gasteiger partial charge in [0, 0.05) is 5.56 Å². The van der Waals surface area contributed by atoms with Crippen LogP contribution in [0.3, 0.4) is 0 Å². The van der Waals surface area contributed by atoms with Gasteiger partial charge in [-0.3, -0.25) is 0 Å². The fraction of sp³-hybridized carbons (Fsp3) is 0.385. The molecule has 1 aromatic carbocycles. The molecule has 0 spiro atoms. The summed E-state index contributed by atoms with van der Waals surface area (Å²) in [5.74, 6) is 5.20. The summed E-state index contributed by atoms with van der Waals surface area (Å²) in [6.07, 6.45) is 0.550. The van der Waals surface area contributed by atoms with E-state index in [2.05, 4.69) is 11.8 Å². The second kappa shape index (κ2) is 4.46. The standard InChI is InChI=1S/C13H15FO/c1-4-13(3,15)6-5-11-7-10(2)8-12(14)9-11/h7-9,15H,4H2,1-3H3. The number of rotatable bonds is 1. The van der Waals surface area contributed by atoms with E-state index in [0.29, 0.717) is 12.0 Å². The Balaban J connectivity index is 2.99. The number of halogens is 1. The highest BCUT2D eigenvalue weighted by molar-refractivity contribution is 5.38. The molecule has 0 aliphatic heterocycles. The molecule has 1 rings (SSSR count). The van der Waals surface area contributed by atoms with Gasteiger partial charge in [0.1, 0.15) is 11.4 Å². The fourth-order valence-corrected chi connectivity index (χ4v) is 1.10. The average molecular weight is 206 g/mol. The van der Waals surface area contributed by atoms with Gasteiger partial charge in [0.05, 0.1) is 0 Å². The molecule has 2 heteroatoms. The molecule has 0 amide bonds. The summed E-state index contributed by atoms with van der Waals surface area (Å²) in [7, 11) is 0. The first-order chi connectivity index (χ1) is 6.93. The maximum absolute atomic E-state index is 13.0. The third-order valence-corrected chi connectivity index (χ3v) is 2.21. The smallest absolute Gasteiger partial charge is 0.124 e. The van der Waals surface area contributed by atoms with E-state index >= 15 is 0 Å². The van der Waals surface area contributed by atoms with Gasteiger partial charge in [0.2, 0.25) is 0 Å². The Hall–Kier alpha value is -1.33. The van der Waals surface area contributed by atoms with Crippen molar-refractivity contribution >= 4 is 0 Å². The predicted molar refractivity (Wildman–Crippen MR) is 58.9 cm³/mol. The van der Waals surface area contributed by atoms with Crippen molar-refractivity contribution in [2.75, 3.05) is 0 Å². The minimum absolute atomic E-state index is 0.296. The topological polar surface area (TPSA) is 20.2 Å². The lowest BCUT2D eigenvalue weighted by molar-refractivity contribution is 0.118. The summed E-state index contributed by atoms with van der Waals surface area (Å²) in [5.41, 5.74) is 0.428. The molecule has 0 radical (unpaired) electrons. The largest absolute Gasteiger partial charge is 0.378 e. The van der Waals surface area contributed by atoms with Gasteiger partial charge in [-0.1, -0.05) is 18.8 Å². The Labute approximate surface area is 89.9 Å². The third-order valence-electron chi connectivity index (χ3n) is 2.21. The highest BCUT2D eigenvalue weighted by Gasteiger charge is 2.12. The van der Waals surface area contributed by atoms with E-state index < -0.39 is 5.60 Å². The Morgan fingerprint density at radius 3 is 2.60 bits per heavy atom. The molecular weight excluding hydrogens is 191 g/mol. The lowest BCUT2D eigenvalue weighted by Gasteiger charge is -2.11. The second-order valence-corrected chi connectivity index (χ2v) is 3.89. The van der Waals surface area contributed by atoms with Crippen molar-refractivity contribution in [1.29, 1.82) is 0 Å². The molecule has 0 aliphatic carbocycles. The quantitative estimate of drug-likeness (QED) is 0.700. The number of aryl methyl sites for hydroxylation is 1. The van der Waals surface area contributed by atoms with Crippen LogP contribution in [0.25, 0.3) is 0 Å². The van der Waals surface area contributed by atoms with Crippen molar-refractivity contribution in [2.45, 2.75) is 32.8 Å². The summed E-state index contributed by atoms with van der Waals surface area (Å²) in [6.45, 7) is 5.31. The monoisotopic (exact) mass is 206 g/mol. The molecule has 80 valence electrons. The molecule has 0 fully saturated rings. The number of benzene rings is 1. The van der Waals surface area contributed by atoms with Crippen molar-refractivity contribution in [3.8, 4) is 11.8 Å². The summed E-state index contributed by atoms with van der Waals surface area (Å²) in [6, 6.07) is 4.61. The van der Waals surface area contributed by atoms with Crippen molar-refractivity contribution in [3.63, 3.8) is 0 Å². The predicted octanol–water partition coefficient (Wildman–Crippen LogP) is 2.65. The van der Waals surface area contributed by atoms with E-state index in [-0.39, 0.29) is 5.82 Å². The van der Waals surface area contributed by atoms with Crippen LogP contribution in [0.15, 0.2) is 18.2 Å². The van der Waals surface area contributed by atoms with Gasteiger partial charge in [-0.2, -0.15) is 0 Å². The zero-order chi connectivity index (χ0) is 11.5. The van der Waals surface area contributed by atoms with Crippen molar-refractivity contribution < 1.29 is 9.50 Å². The molecule has 1 atom stereocenters. The van der Waals surface area contributed by atoms with Crippen LogP contribution in [0.1, 0.15) is 31.4 Å². The van der Waals surface area contributed by atoms with Crippen LogP contribution in [0.2, 0.25) is 0 Å². The van der Waals surface area contributed by atoms with Crippen molar-refractivity contribution in [1.82, 2.24) is 0 Å². The molecule has 0 aromatic heterocycles.